The zero-order chi connectivity index (χ0) is 14.4. The maximum Gasteiger partial charge on any atom is 0.239 e. The molecule has 2 bridgehead atoms. The summed E-state index contributed by atoms with van der Waals surface area (Å²) in [5.41, 5.74) is 0. The van der Waals surface area contributed by atoms with E-state index in [1.54, 1.807) is 0 Å². The Kier molecular flexibility index (Phi) is 3.70. The van der Waals surface area contributed by atoms with E-state index in [9.17, 15) is 4.79 Å². The molecule has 0 aromatic carbocycles. The lowest BCUT2D eigenvalue weighted by atomic mass is 9.81. The Balaban J connectivity index is 1.43. The Labute approximate surface area is 128 Å². The molecule has 3 atom stereocenters. The summed E-state index contributed by atoms with van der Waals surface area (Å²) in [5.74, 6) is 0.403. The van der Waals surface area contributed by atoms with Crippen LogP contribution >= 0.6 is 0 Å². The van der Waals surface area contributed by atoms with Gasteiger partial charge in [0, 0.05) is 30.7 Å². The Morgan fingerprint density at radius 3 is 2.33 bits per heavy atom. The van der Waals surface area contributed by atoms with Crippen LogP contribution in [0.25, 0.3) is 0 Å². The van der Waals surface area contributed by atoms with Gasteiger partial charge in [0.25, 0.3) is 0 Å². The van der Waals surface area contributed by atoms with Gasteiger partial charge in [-0.25, -0.2) is 0 Å². The molecule has 1 saturated carbocycles. The van der Waals surface area contributed by atoms with Crippen LogP contribution in [0.5, 0.6) is 0 Å². The maximum atomic E-state index is 12.8. The number of fused-ring (bicyclic) bond motifs is 2. The van der Waals surface area contributed by atoms with Crippen LogP contribution in [0, 0.1) is 0 Å². The Morgan fingerprint density at radius 2 is 1.67 bits per heavy atom. The molecule has 3 saturated heterocycles. The first-order valence-corrected chi connectivity index (χ1v) is 9.01. The smallest absolute Gasteiger partial charge is 0.239 e. The van der Waals surface area contributed by atoms with Crippen LogP contribution in [0.3, 0.4) is 0 Å². The van der Waals surface area contributed by atoms with Crippen LogP contribution in [0.15, 0.2) is 0 Å². The number of piperidine rings is 3. The summed E-state index contributed by atoms with van der Waals surface area (Å²) in [5, 5.41) is 3.57. The second-order valence-corrected chi connectivity index (χ2v) is 7.70. The number of nitrogens with one attached hydrogen (secondary N) is 1. The van der Waals surface area contributed by atoms with Crippen LogP contribution in [0.1, 0.15) is 57.8 Å². The van der Waals surface area contributed by atoms with Gasteiger partial charge in [0.15, 0.2) is 0 Å². The fourth-order valence-electron chi connectivity index (χ4n) is 4.79. The molecule has 4 aliphatic rings. The zero-order valence-electron chi connectivity index (χ0n) is 13.3. The van der Waals surface area contributed by atoms with Gasteiger partial charge < -0.3 is 15.1 Å². The van der Waals surface area contributed by atoms with Gasteiger partial charge in [-0.15, -0.1) is 0 Å². The van der Waals surface area contributed by atoms with Crippen molar-refractivity contribution < 1.29 is 4.79 Å². The molecular weight excluding hydrogens is 262 g/mol. The van der Waals surface area contributed by atoms with Crippen LogP contribution in [-0.4, -0.2) is 59.5 Å². The highest BCUT2D eigenvalue weighted by atomic mass is 16.2. The largest absolute Gasteiger partial charge is 0.338 e. The van der Waals surface area contributed by atoms with Gasteiger partial charge in [0.05, 0.1) is 6.04 Å². The van der Waals surface area contributed by atoms with Crippen molar-refractivity contribution in [3.63, 3.8) is 0 Å². The molecule has 3 unspecified atom stereocenters. The lowest BCUT2D eigenvalue weighted by molar-refractivity contribution is -0.141. The molecule has 4 heteroatoms. The van der Waals surface area contributed by atoms with Crippen molar-refractivity contribution in [2.24, 2.45) is 0 Å². The zero-order valence-corrected chi connectivity index (χ0v) is 13.3. The molecule has 0 radical (unpaired) electrons. The lowest BCUT2D eigenvalue weighted by Gasteiger charge is -2.51. The SMILES string of the molecule is CN1C2CCCC1CC(N1CCCC(NC3CC3)C1=O)C2. The van der Waals surface area contributed by atoms with Crippen LogP contribution in [0.2, 0.25) is 0 Å². The normalized spacial score (nSPS) is 41.4. The number of nitrogens with zero attached hydrogens (tertiary/aromatic N) is 2. The summed E-state index contributed by atoms with van der Waals surface area (Å²) in [6.07, 6.45) is 11.2. The van der Waals surface area contributed by atoms with Crippen molar-refractivity contribution in [1.29, 1.82) is 0 Å². The molecule has 0 spiro atoms. The Morgan fingerprint density at radius 1 is 0.952 bits per heavy atom. The third-order valence-corrected chi connectivity index (χ3v) is 6.24. The molecule has 21 heavy (non-hydrogen) atoms. The Hall–Kier alpha value is -0.610. The highest BCUT2D eigenvalue weighted by molar-refractivity contribution is 5.83. The van der Waals surface area contributed by atoms with Gasteiger partial charge >= 0.3 is 0 Å². The average Bonchev–Trinajstić information content (AvgIpc) is 3.25. The molecule has 4 rings (SSSR count). The molecular formula is C17H29N3O. The molecule has 1 aliphatic carbocycles. The number of hydrogen-bond donors (Lipinski definition) is 1. The van der Waals surface area contributed by atoms with E-state index in [1.807, 2.05) is 0 Å². The van der Waals surface area contributed by atoms with Crippen LogP contribution < -0.4 is 5.32 Å². The van der Waals surface area contributed by atoms with E-state index in [2.05, 4.69) is 22.2 Å². The molecule has 4 fully saturated rings. The van der Waals surface area contributed by atoms with Crippen molar-refractivity contribution in [3.05, 3.63) is 0 Å². The van der Waals surface area contributed by atoms with Crippen molar-refractivity contribution >= 4 is 5.91 Å². The highest BCUT2D eigenvalue weighted by Gasteiger charge is 2.42. The van der Waals surface area contributed by atoms with Gasteiger partial charge in [-0.3, -0.25) is 4.79 Å². The summed E-state index contributed by atoms with van der Waals surface area (Å²) in [4.78, 5) is 17.7. The second-order valence-electron chi connectivity index (χ2n) is 7.70. The molecule has 3 heterocycles. The maximum absolute atomic E-state index is 12.8. The summed E-state index contributed by atoms with van der Waals surface area (Å²) in [6.45, 7) is 0.996. The number of hydrogen-bond acceptors (Lipinski definition) is 3. The Bertz CT molecular complexity index is 395. The van der Waals surface area contributed by atoms with Crippen molar-refractivity contribution in [3.8, 4) is 0 Å². The fourth-order valence-corrected chi connectivity index (χ4v) is 4.79. The summed E-state index contributed by atoms with van der Waals surface area (Å²) in [6, 6.07) is 2.69. The first-order valence-electron chi connectivity index (χ1n) is 9.01. The molecule has 1 N–H and O–H groups in total. The van der Waals surface area contributed by atoms with Gasteiger partial charge in [0.2, 0.25) is 5.91 Å². The first-order chi connectivity index (χ1) is 10.2. The summed E-state index contributed by atoms with van der Waals surface area (Å²) < 4.78 is 0. The van der Waals surface area contributed by atoms with Crippen molar-refractivity contribution in [1.82, 2.24) is 15.1 Å². The average molecular weight is 291 g/mol. The third-order valence-electron chi connectivity index (χ3n) is 6.24. The number of likely N-dealkylation sites (tertiary alicyclic amines) is 1. The van der Waals surface area contributed by atoms with Crippen LogP contribution in [0.4, 0.5) is 0 Å². The van der Waals surface area contributed by atoms with Crippen LogP contribution in [-0.2, 0) is 4.79 Å². The number of rotatable bonds is 3. The van der Waals surface area contributed by atoms with E-state index < -0.39 is 0 Å². The van der Waals surface area contributed by atoms with E-state index in [-0.39, 0.29) is 6.04 Å². The number of amides is 1. The molecule has 0 aromatic heterocycles. The second kappa shape index (κ2) is 5.54. The lowest BCUT2D eigenvalue weighted by Crippen LogP contribution is -2.60. The molecule has 118 valence electrons. The molecule has 3 aliphatic heterocycles. The number of carbonyl (C=O) groups excluding carboxylic acids is 1. The number of carbonyl (C=O) groups is 1. The first kappa shape index (κ1) is 14.0. The topological polar surface area (TPSA) is 35.6 Å². The minimum atomic E-state index is 0.116. The summed E-state index contributed by atoms with van der Waals surface area (Å²) >= 11 is 0. The van der Waals surface area contributed by atoms with Crippen molar-refractivity contribution in [2.45, 2.75) is 88.0 Å². The van der Waals surface area contributed by atoms with E-state index in [4.69, 9.17) is 0 Å². The highest BCUT2D eigenvalue weighted by Crippen LogP contribution is 2.36. The summed E-state index contributed by atoms with van der Waals surface area (Å²) in [7, 11) is 2.29. The standard InChI is InChI=1S/C17H29N3O/c1-19-13-4-2-5-14(19)11-15(10-13)20-9-3-6-16(17(20)21)18-12-7-8-12/h12-16,18H,2-11H2,1H3. The van der Waals surface area contributed by atoms with Gasteiger partial charge in [0.1, 0.15) is 0 Å². The van der Waals surface area contributed by atoms with E-state index in [1.165, 1.54) is 51.4 Å². The van der Waals surface area contributed by atoms with E-state index in [0.717, 1.165) is 13.0 Å². The predicted octanol–water partition coefficient (Wildman–Crippen LogP) is 1.74. The van der Waals surface area contributed by atoms with Gasteiger partial charge in [-0.2, -0.15) is 0 Å². The van der Waals surface area contributed by atoms with Crippen molar-refractivity contribution in [2.75, 3.05) is 13.6 Å². The van der Waals surface area contributed by atoms with Gasteiger partial charge in [-0.1, -0.05) is 6.42 Å². The third kappa shape index (κ3) is 2.72. The molecule has 0 aromatic rings. The van der Waals surface area contributed by atoms with E-state index >= 15 is 0 Å². The predicted molar refractivity (Wildman–Crippen MR) is 83.1 cm³/mol. The van der Waals surface area contributed by atoms with E-state index in [0.29, 0.717) is 30.1 Å². The minimum Gasteiger partial charge on any atom is -0.338 e. The molecule has 4 nitrogen and oxygen atoms in total. The monoisotopic (exact) mass is 291 g/mol. The fraction of sp³-hybridized carbons (Fsp3) is 0.941. The molecule has 1 amide bonds. The quantitative estimate of drug-likeness (QED) is 0.860. The van der Waals surface area contributed by atoms with Gasteiger partial charge in [-0.05, 0) is 58.4 Å². The minimum absolute atomic E-state index is 0.116.